The summed E-state index contributed by atoms with van der Waals surface area (Å²) in [6.45, 7) is 5.71. The molecular formula is C36H44F3N7O5S. The molecule has 1 atom stereocenters. The largest absolute Gasteiger partial charge is 0.481 e. The number of anilines is 2. The number of nitrogens with one attached hydrogen (secondary N) is 1. The number of rotatable bonds is 9. The van der Waals surface area contributed by atoms with E-state index in [4.69, 9.17) is 9.72 Å². The number of halogens is 3. The lowest BCUT2D eigenvalue weighted by Crippen LogP contribution is -2.42. The highest BCUT2D eigenvalue weighted by atomic mass is 32.2. The Morgan fingerprint density at radius 3 is 2.48 bits per heavy atom. The van der Waals surface area contributed by atoms with Gasteiger partial charge >= 0.3 is 12.1 Å². The summed E-state index contributed by atoms with van der Waals surface area (Å²) in [6.07, 6.45) is 3.31. The fourth-order valence-corrected chi connectivity index (χ4v) is 6.93. The van der Waals surface area contributed by atoms with Crippen molar-refractivity contribution in [1.82, 2.24) is 24.7 Å². The molecule has 1 aromatic carbocycles. The highest BCUT2D eigenvalue weighted by Crippen LogP contribution is 2.38. The van der Waals surface area contributed by atoms with Crippen molar-refractivity contribution in [2.75, 3.05) is 29.3 Å². The summed E-state index contributed by atoms with van der Waals surface area (Å²) in [6, 6.07) is 13.6. The summed E-state index contributed by atoms with van der Waals surface area (Å²) in [5.74, 6) is -0.516. The van der Waals surface area contributed by atoms with Gasteiger partial charge in [-0.25, -0.2) is 19.6 Å². The minimum absolute atomic E-state index is 0.0491. The molecule has 0 amide bonds. The van der Waals surface area contributed by atoms with Crippen LogP contribution in [0.15, 0.2) is 66.0 Å². The number of pyridine rings is 1. The Kier molecular flexibility index (Phi) is 11.5. The number of benzene rings is 1. The van der Waals surface area contributed by atoms with Gasteiger partial charge in [0.25, 0.3) is 10.0 Å². The van der Waals surface area contributed by atoms with Crippen LogP contribution in [0.2, 0.25) is 0 Å². The Morgan fingerprint density at radius 2 is 1.75 bits per heavy atom. The number of sulfonamides is 1. The third-order valence-electron chi connectivity index (χ3n) is 9.18. The zero-order chi connectivity index (χ0) is 37.7. The summed E-state index contributed by atoms with van der Waals surface area (Å²) in [4.78, 5) is 27.9. The van der Waals surface area contributed by atoms with Crippen LogP contribution in [-0.4, -0.2) is 70.1 Å². The first-order valence-corrected chi connectivity index (χ1v) is 18.7. The number of nitrogens with zero attached hydrogens (tertiary/aromatic N) is 6. The second-order valence-corrected chi connectivity index (χ2v) is 15.6. The predicted octanol–water partition coefficient (Wildman–Crippen LogP) is 7.31. The van der Waals surface area contributed by atoms with Crippen LogP contribution in [0, 0.1) is 10.8 Å². The average molecular weight is 744 g/mol. The molecule has 3 aromatic heterocycles. The van der Waals surface area contributed by atoms with Gasteiger partial charge in [0.1, 0.15) is 18.1 Å². The predicted molar refractivity (Wildman–Crippen MR) is 190 cm³/mol. The summed E-state index contributed by atoms with van der Waals surface area (Å²) < 4.78 is 77.1. The number of carboxylic acids is 1. The number of aliphatic carboxylic acids is 1. The van der Waals surface area contributed by atoms with E-state index in [1.807, 2.05) is 36.1 Å². The first kappa shape index (κ1) is 38.5. The van der Waals surface area contributed by atoms with Gasteiger partial charge in [0.05, 0.1) is 17.0 Å². The van der Waals surface area contributed by atoms with Crippen LogP contribution < -0.4 is 14.4 Å². The number of carbonyl (C=O) groups is 1. The van der Waals surface area contributed by atoms with Crippen LogP contribution in [0.5, 0.6) is 5.88 Å². The minimum Gasteiger partial charge on any atom is -0.481 e. The fourth-order valence-electron chi connectivity index (χ4n) is 5.98. The van der Waals surface area contributed by atoms with Crippen LogP contribution >= 0.6 is 0 Å². The van der Waals surface area contributed by atoms with Crippen molar-refractivity contribution >= 4 is 27.6 Å². The molecule has 0 aliphatic carbocycles. The molecule has 0 saturated carbocycles. The summed E-state index contributed by atoms with van der Waals surface area (Å²) in [7, 11) is -4.31. The van der Waals surface area contributed by atoms with Gasteiger partial charge < -0.3 is 14.7 Å². The molecule has 12 nitrogen and oxygen atoms in total. The molecule has 2 N–H and O–H groups in total. The molecule has 4 heterocycles. The van der Waals surface area contributed by atoms with E-state index in [1.165, 1.54) is 29.2 Å². The van der Waals surface area contributed by atoms with Gasteiger partial charge in [0.15, 0.2) is 16.7 Å². The molecule has 1 aliphatic rings. The Bertz CT molecular complexity index is 1990. The highest BCUT2D eigenvalue weighted by Gasteiger charge is 2.48. The molecule has 0 unspecified atom stereocenters. The number of fused-ring (bicyclic) bond motifs is 6. The number of hydrogen-bond donors (Lipinski definition) is 2. The Labute approximate surface area is 301 Å². The van der Waals surface area contributed by atoms with Crippen LogP contribution in [0.3, 0.4) is 0 Å². The van der Waals surface area contributed by atoms with E-state index in [0.29, 0.717) is 42.9 Å². The fraction of sp³-hybridized carbons (Fsp3) is 0.472. The van der Waals surface area contributed by atoms with E-state index in [1.54, 1.807) is 19.1 Å². The Hall–Kier alpha value is -4.73. The second-order valence-electron chi connectivity index (χ2n) is 14.0. The molecule has 0 saturated heterocycles. The maximum Gasteiger partial charge on any atom is 0.397 e. The van der Waals surface area contributed by atoms with Crippen LogP contribution in [-0.2, 0) is 21.2 Å². The number of ether oxygens (including phenoxy) is 1. The first-order valence-electron chi connectivity index (χ1n) is 17.2. The molecule has 0 spiro atoms. The maximum absolute atomic E-state index is 13.8. The smallest absolute Gasteiger partial charge is 0.397 e. The summed E-state index contributed by atoms with van der Waals surface area (Å²) in [5, 5.41) is 14.2. The molecule has 0 fully saturated rings. The maximum atomic E-state index is 13.8. The third-order valence-corrected chi connectivity index (χ3v) is 10.4. The topological polar surface area (TPSA) is 152 Å². The van der Waals surface area contributed by atoms with Gasteiger partial charge in [-0.3, -0.25) is 9.52 Å². The molecule has 280 valence electrons. The average Bonchev–Trinajstić information content (AvgIpc) is 3.56. The molecule has 5 rings (SSSR count). The summed E-state index contributed by atoms with van der Waals surface area (Å²) >= 11 is 0. The van der Waals surface area contributed by atoms with E-state index in [9.17, 15) is 31.5 Å². The zero-order valence-electron chi connectivity index (χ0n) is 29.7. The van der Waals surface area contributed by atoms with E-state index in [0.717, 1.165) is 45.1 Å². The second kappa shape index (κ2) is 15.5. The molecule has 52 heavy (non-hydrogen) atoms. The number of aromatic nitrogens is 5. The van der Waals surface area contributed by atoms with Crippen molar-refractivity contribution in [3.8, 4) is 23.0 Å². The van der Waals surface area contributed by atoms with Gasteiger partial charge in [-0.2, -0.15) is 21.6 Å². The number of carboxylic acid groups (broad SMARTS) is 1. The van der Waals surface area contributed by atoms with Crippen LogP contribution in [0.25, 0.3) is 17.1 Å². The Balaban J connectivity index is 1.54. The molecule has 16 heteroatoms. The molecule has 4 aromatic rings. The van der Waals surface area contributed by atoms with Crippen molar-refractivity contribution in [2.45, 2.75) is 83.8 Å². The quantitative estimate of drug-likeness (QED) is 0.179. The first-order chi connectivity index (χ1) is 24.5. The lowest BCUT2D eigenvalue weighted by atomic mass is 9.85. The van der Waals surface area contributed by atoms with Crippen molar-refractivity contribution in [3.05, 3.63) is 66.5 Å². The van der Waals surface area contributed by atoms with Gasteiger partial charge in [-0.1, -0.05) is 56.5 Å². The van der Waals surface area contributed by atoms with E-state index in [2.05, 4.69) is 19.8 Å². The summed E-state index contributed by atoms with van der Waals surface area (Å²) in [5.41, 5.74) is -1.27. The van der Waals surface area contributed by atoms with Crippen molar-refractivity contribution in [3.63, 3.8) is 0 Å². The van der Waals surface area contributed by atoms with E-state index in [-0.39, 0.29) is 29.1 Å². The highest BCUT2D eigenvalue weighted by molar-refractivity contribution is 7.92. The third kappa shape index (κ3) is 8.82. The van der Waals surface area contributed by atoms with Gasteiger partial charge in [-0.05, 0) is 64.2 Å². The molecule has 4 bridgehead atoms. The van der Waals surface area contributed by atoms with Gasteiger partial charge in [-0.15, -0.1) is 5.10 Å². The molecule has 1 aliphatic heterocycles. The van der Waals surface area contributed by atoms with Crippen molar-refractivity contribution in [2.24, 2.45) is 10.8 Å². The SMILES string of the molecule is CCC[C@](C)(CN1CCCCCCc2ccccc2-c2nc(cnc2-n2ccc(OCC(C)(C)C(F)(F)F)n2)NS(=O)(=O)c2cccc1n2)C(=O)O. The van der Waals surface area contributed by atoms with Crippen LogP contribution in [0.4, 0.5) is 24.8 Å². The number of hydrogen-bond acceptors (Lipinski definition) is 9. The molecular weight excluding hydrogens is 700 g/mol. The monoisotopic (exact) mass is 743 g/mol. The standard InChI is InChI=1S/C36H44F3N7O5S/c1-5-19-35(4,33(47)48)23-45-20-11-7-6-8-13-25-14-9-10-15-26(25)31-32(46-21-18-29(43-46)51-24-34(2,3)36(37,38)39)40-22-27(41-31)44-52(49,50)30-17-12-16-28(45)42-30/h9-10,12,14-18,21-22H,5-8,11,13,19-20,23-24H2,1-4H3,(H,41,44)(H,47,48)/t35-/m1/s1. The van der Waals surface area contributed by atoms with E-state index >= 15 is 0 Å². The number of alkyl halides is 3. The van der Waals surface area contributed by atoms with Crippen molar-refractivity contribution in [1.29, 1.82) is 0 Å². The Morgan fingerprint density at radius 1 is 1.00 bits per heavy atom. The zero-order valence-corrected chi connectivity index (χ0v) is 30.5. The lowest BCUT2D eigenvalue weighted by Gasteiger charge is -2.33. The van der Waals surface area contributed by atoms with Gasteiger partial charge in [0, 0.05) is 30.9 Å². The lowest BCUT2D eigenvalue weighted by molar-refractivity contribution is -0.219. The minimum atomic E-state index is -4.48. The normalized spacial score (nSPS) is 16.6. The number of aryl methyl sites for hydroxylation is 1. The van der Waals surface area contributed by atoms with Crippen LogP contribution in [0.1, 0.15) is 71.8 Å². The van der Waals surface area contributed by atoms with Crippen molar-refractivity contribution < 1.29 is 36.2 Å². The molecule has 0 radical (unpaired) electrons. The van der Waals surface area contributed by atoms with E-state index < -0.39 is 39.6 Å². The van der Waals surface area contributed by atoms with Gasteiger partial charge in [0.2, 0.25) is 5.88 Å².